The molecule has 1 amide bonds. The molecule has 8 heteroatoms. The number of hydrogen-bond acceptors (Lipinski definition) is 5. The molecule has 1 saturated heterocycles. The molecule has 0 aliphatic carbocycles. The topological polar surface area (TPSA) is 104 Å². The van der Waals surface area contributed by atoms with E-state index in [-0.39, 0.29) is 24.1 Å². The number of sulfone groups is 1. The van der Waals surface area contributed by atoms with Gasteiger partial charge in [-0.25, -0.2) is 13.2 Å². The fourth-order valence-corrected chi connectivity index (χ4v) is 3.59. The van der Waals surface area contributed by atoms with Crippen molar-refractivity contribution in [1.82, 2.24) is 10.2 Å². The fourth-order valence-electron chi connectivity index (χ4n) is 1.97. The second-order valence-corrected chi connectivity index (χ2v) is 6.78. The van der Waals surface area contributed by atoms with Crippen LogP contribution in [0.2, 0.25) is 0 Å². The smallest absolute Gasteiger partial charge is 0.327 e. The summed E-state index contributed by atoms with van der Waals surface area (Å²) in [5.41, 5.74) is 0. The van der Waals surface area contributed by atoms with E-state index in [4.69, 9.17) is 5.11 Å². The maximum Gasteiger partial charge on any atom is 0.327 e. The van der Waals surface area contributed by atoms with E-state index >= 15 is 0 Å². The highest BCUT2D eigenvalue weighted by molar-refractivity contribution is 7.91. The average Bonchev–Trinajstić information content (AvgIpc) is 2.19. The summed E-state index contributed by atoms with van der Waals surface area (Å²) >= 11 is 0. The van der Waals surface area contributed by atoms with Crippen LogP contribution in [-0.2, 0) is 19.4 Å². The van der Waals surface area contributed by atoms with Crippen molar-refractivity contribution in [3.8, 4) is 0 Å². The Morgan fingerprint density at radius 1 is 1.50 bits per heavy atom. The van der Waals surface area contributed by atoms with Crippen LogP contribution in [0.4, 0.5) is 0 Å². The second kappa shape index (κ2) is 5.66. The Hall–Kier alpha value is -1.15. The third-order valence-corrected chi connectivity index (χ3v) is 4.70. The highest BCUT2D eigenvalue weighted by Gasteiger charge is 2.31. The van der Waals surface area contributed by atoms with Gasteiger partial charge in [0.15, 0.2) is 9.84 Å². The Bertz CT molecular complexity index is 434. The maximum absolute atomic E-state index is 11.4. The zero-order chi connectivity index (χ0) is 13.9. The number of carboxylic acid groups (broad SMARTS) is 1. The van der Waals surface area contributed by atoms with E-state index in [1.54, 1.807) is 11.8 Å². The Labute approximate surface area is 106 Å². The summed E-state index contributed by atoms with van der Waals surface area (Å²) < 4.78 is 22.8. The summed E-state index contributed by atoms with van der Waals surface area (Å²) in [4.78, 5) is 23.7. The molecule has 0 aromatic carbocycles. The molecule has 0 radical (unpaired) electrons. The Balaban J connectivity index is 2.65. The van der Waals surface area contributed by atoms with Crippen LogP contribution in [0, 0.1) is 0 Å². The molecule has 0 saturated carbocycles. The van der Waals surface area contributed by atoms with E-state index in [0.29, 0.717) is 6.54 Å². The van der Waals surface area contributed by atoms with Crippen molar-refractivity contribution in [1.29, 1.82) is 0 Å². The van der Waals surface area contributed by atoms with Gasteiger partial charge in [-0.2, -0.15) is 0 Å². The van der Waals surface area contributed by atoms with Crippen molar-refractivity contribution in [2.24, 2.45) is 0 Å². The number of aliphatic carboxylic acids is 1. The van der Waals surface area contributed by atoms with Gasteiger partial charge in [0.25, 0.3) is 0 Å². The number of rotatable bonds is 4. The molecular weight excluding hydrogens is 260 g/mol. The summed E-state index contributed by atoms with van der Waals surface area (Å²) in [5.74, 6) is -1.48. The molecule has 0 spiro atoms. The monoisotopic (exact) mass is 278 g/mol. The summed E-state index contributed by atoms with van der Waals surface area (Å²) in [6.07, 6.45) is 0. The summed E-state index contributed by atoms with van der Waals surface area (Å²) in [5, 5.41) is 11.3. The van der Waals surface area contributed by atoms with E-state index in [9.17, 15) is 18.0 Å². The van der Waals surface area contributed by atoms with Gasteiger partial charge in [0, 0.05) is 26.1 Å². The molecule has 18 heavy (non-hydrogen) atoms. The lowest BCUT2D eigenvalue weighted by molar-refractivity contribution is -0.142. The van der Waals surface area contributed by atoms with Gasteiger partial charge < -0.3 is 10.4 Å². The molecule has 1 fully saturated rings. The van der Waals surface area contributed by atoms with E-state index < -0.39 is 27.8 Å². The Morgan fingerprint density at radius 2 is 2.11 bits per heavy atom. The van der Waals surface area contributed by atoms with Gasteiger partial charge in [-0.1, -0.05) is 0 Å². The fraction of sp³-hybridized carbons (Fsp3) is 0.800. The van der Waals surface area contributed by atoms with Crippen molar-refractivity contribution in [3.63, 3.8) is 0 Å². The first-order chi connectivity index (χ1) is 8.21. The zero-order valence-electron chi connectivity index (χ0n) is 10.4. The van der Waals surface area contributed by atoms with Crippen LogP contribution in [0.3, 0.4) is 0 Å². The number of nitrogens with one attached hydrogen (secondary N) is 1. The lowest BCUT2D eigenvalue weighted by Crippen LogP contribution is -2.54. The molecule has 0 aromatic rings. The molecule has 104 valence electrons. The molecule has 1 aliphatic rings. The molecule has 7 nitrogen and oxygen atoms in total. The van der Waals surface area contributed by atoms with Gasteiger partial charge in [-0.3, -0.25) is 9.69 Å². The highest BCUT2D eigenvalue weighted by atomic mass is 32.2. The molecule has 1 rings (SSSR count). The number of nitrogens with zero attached hydrogens (tertiary/aromatic N) is 1. The molecule has 0 aromatic heterocycles. The normalized spacial score (nSPS) is 25.3. The minimum absolute atomic E-state index is 0.0272. The third-order valence-electron chi connectivity index (χ3n) is 2.90. The summed E-state index contributed by atoms with van der Waals surface area (Å²) in [6, 6.07) is -1.25. The molecule has 2 unspecified atom stereocenters. The number of carbonyl (C=O) groups is 2. The number of carboxylic acids is 1. The van der Waals surface area contributed by atoms with E-state index in [2.05, 4.69) is 5.32 Å². The second-order valence-electron chi connectivity index (χ2n) is 4.55. The van der Waals surface area contributed by atoms with Crippen molar-refractivity contribution in [2.75, 3.05) is 24.6 Å². The Kier molecular flexibility index (Phi) is 4.69. The van der Waals surface area contributed by atoms with Crippen LogP contribution in [0.5, 0.6) is 0 Å². The minimum atomic E-state index is -3.02. The van der Waals surface area contributed by atoms with E-state index in [1.165, 1.54) is 6.92 Å². The predicted molar refractivity (Wildman–Crippen MR) is 64.9 cm³/mol. The first-order valence-electron chi connectivity index (χ1n) is 5.65. The van der Waals surface area contributed by atoms with Crippen LogP contribution in [-0.4, -0.2) is 67.0 Å². The quantitative estimate of drug-likeness (QED) is 0.662. The number of carbonyl (C=O) groups excluding carboxylic acids is 1. The first kappa shape index (κ1) is 14.9. The Morgan fingerprint density at radius 3 is 2.56 bits per heavy atom. The van der Waals surface area contributed by atoms with Gasteiger partial charge in [0.2, 0.25) is 5.91 Å². The third kappa shape index (κ3) is 4.26. The van der Waals surface area contributed by atoms with Gasteiger partial charge in [-0.05, 0) is 6.92 Å². The van der Waals surface area contributed by atoms with Gasteiger partial charge in [0.1, 0.15) is 6.04 Å². The van der Waals surface area contributed by atoms with Crippen LogP contribution < -0.4 is 5.32 Å². The molecule has 0 bridgehead atoms. The highest BCUT2D eigenvalue weighted by Crippen LogP contribution is 2.11. The zero-order valence-corrected chi connectivity index (χ0v) is 11.2. The number of amides is 1. The lowest BCUT2D eigenvalue weighted by atomic mass is 10.2. The van der Waals surface area contributed by atoms with Crippen molar-refractivity contribution < 1.29 is 23.1 Å². The molecule has 1 aliphatic heterocycles. The number of hydrogen-bond donors (Lipinski definition) is 2. The summed E-state index contributed by atoms with van der Waals surface area (Å²) in [7, 11) is -3.02. The molecular formula is C10H18N2O5S. The average molecular weight is 278 g/mol. The van der Waals surface area contributed by atoms with Crippen LogP contribution in [0.25, 0.3) is 0 Å². The molecule has 1 heterocycles. The lowest BCUT2D eigenvalue weighted by Gasteiger charge is -2.34. The molecule has 2 N–H and O–H groups in total. The van der Waals surface area contributed by atoms with Crippen LogP contribution >= 0.6 is 0 Å². The van der Waals surface area contributed by atoms with Gasteiger partial charge >= 0.3 is 5.97 Å². The van der Waals surface area contributed by atoms with E-state index in [0.717, 1.165) is 0 Å². The van der Waals surface area contributed by atoms with E-state index in [1.807, 2.05) is 0 Å². The van der Waals surface area contributed by atoms with Gasteiger partial charge in [0.05, 0.1) is 11.5 Å². The maximum atomic E-state index is 11.4. The summed E-state index contributed by atoms with van der Waals surface area (Å²) in [6.45, 7) is 3.40. The largest absolute Gasteiger partial charge is 0.480 e. The SMILES string of the molecule is CC(=O)NC(CN1CCS(=O)(=O)CC1C)C(=O)O. The minimum Gasteiger partial charge on any atom is -0.480 e. The van der Waals surface area contributed by atoms with Crippen LogP contribution in [0.15, 0.2) is 0 Å². The van der Waals surface area contributed by atoms with Gasteiger partial charge in [-0.15, -0.1) is 0 Å². The standard InChI is InChI=1S/C10H18N2O5S/c1-7-6-18(16,17)4-3-12(7)5-9(10(14)15)11-8(2)13/h7,9H,3-6H2,1-2H3,(H,11,13)(H,14,15). The van der Waals surface area contributed by atoms with Crippen molar-refractivity contribution in [3.05, 3.63) is 0 Å². The predicted octanol–water partition coefficient (Wildman–Crippen LogP) is -1.31. The van der Waals surface area contributed by atoms with Crippen LogP contribution in [0.1, 0.15) is 13.8 Å². The first-order valence-corrected chi connectivity index (χ1v) is 7.48. The van der Waals surface area contributed by atoms with Crippen molar-refractivity contribution in [2.45, 2.75) is 25.9 Å². The van der Waals surface area contributed by atoms with Crippen molar-refractivity contribution >= 4 is 21.7 Å². The molecule has 2 atom stereocenters.